The number of fused-ring (bicyclic) bond motifs is 1. The Morgan fingerprint density at radius 1 is 1.23 bits per heavy atom. The van der Waals surface area contributed by atoms with E-state index in [1.165, 1.54) is 18.3 Å². The number of amides is 2. The Morgan fingerprint density at radius 3 is 2.82 bits per heavy atom. The highest BCUT2D eigenvalue weighted by Gasteiger charge is 2.12. The molecule has 0 aliphatic heterocycles. The maximum absolute atomic E-state index is 12.2. The maximum atomic E-state index is 12.2. The third-order valence-electron chi connectivity index (χ3n) is 3.03. The van der Waals surface area contributed by atoms with Gasteiger partial charge in [0.1, 0.15) is 5.69 Å². The molecule has 112 valence electrons. The molecule has 0 spiro atoms. The molecule has 7 heteroatoms. The van der Waals surface area contributed by atoms with Crippen LogP contribution >= 0.6 is 11.3 Å². The van der Waals surface area contributed by atoms with Crippen molar-refractivity contribution in [3.8, 4) is 0 Å². The van der Waals surface area contributed by atoms with Crippen LogP contribution in [0.4, 0.5) is 10.8 Å². The fourth-order valence-electron chi connectivity index (χ4n) is 2.14. The van der Waals surface area contributed by atoms with E-state index in [2.05, 4.69) is 20.6 Å². The molecule has 3 N–H and O–H groups in total. The van der Waals surface area contributed by atoms with Gasteiger partial charge in [0.15, 0.2) is 5.13 Å². The van der Waals surface area contributed by atoms with Crippen LogP contribution in [0.25, 0.3) is 10.9 Å². The summed E-state index contributed by atoms with van der Waals surface area (Å²) in [5.74, 6) is -0.519. The average Bonchev–Trinajstić information content (AvgIpc) is 3.03. The van der Waals surface area contributed by atoms with E-state index in [1.807, 2.05) is 31.2 Å². The molecular formula is C15H14N4O2S. The molecule has 3 aromatic rings. The number of carbonyl (C=O) groups is 2. The van der Waals surface area contributed by atoms with Crippen molar-refractivity contribution in [3.63, 3.8) is 0 Å². The molecule has 3 rings (SSSR count). The molecule has 2 heterocycles. The van der Waals surface area contributed by atoms with Gasteiger partial charge in [-0.15, -0.1) is 11.3 Å². The summed E-state index contributed by atoms with van der Waals surface area (Å²) in [7, 11) is 0. The quantitative estimate of drug-likeness (QED) is 0.694. The van der Waals surface area contributed by atoms with Gasteiger partial charge in [-0.1, -0.05) is 0 Å². The summed E-state index contributed by atoms with van der Waals surface area (Å²) >= 11 is 1.21. The van der Waals surface area contributed by atoms with Crippen molar-refractivity contribution < 1.29 is 9.59 Å². The smallest absolute Gasteiger partial charge is 0.275 e. The second-order valence-electron chi connectivity index (χ2n) is 4.93. The van der Waals surface area contributed by atoms with Gasteiger partial charge in [0.05, 0.1) is 0 Å². The van der Waals surface area contributed by atoms with Crippen LogP contribution in [0.1, 0.15) is 23.1 Å². The number of hydrogen-bond acceptors (Lipinski definition) is 4. The molecule has 0 atom stereocenters. The topological polar surface area (TPSA) is 86.9 Å². The molecule has 1 aromatic carbocycles. The van der Waals surface area contributed by atoms with Crippen LogP contribution in [0.5, 0.6) is 0 Å². The fourth-order valence-corrected chi connectivity index (χ4v) is 2.87. The van der Waals surface area contributed by atoms with Crippen LogP contribution in [0.15, 0.2) is 29.6 Å². The van der Waals surface area contributed by atoms with Crippen LogP contribution in [-0.4, -0.2) is 21.8 Å². The standard InChI is InChI=1S/C15H14N4O2S/c1-8-5-10-6-11(3-4-12(10)16-8)18-14(21)13-7-22-15(19-13)17-9(2)20/h3-7,16H,1-2H3,(H,18,21)(H,17,19,20). The number of anilines is 2. The van der Waals surface area contributed by atoms with Crippen LogP contribution in [0.3, 0.4) is 0 Å². The molecule has 0 aliphatic rings. The third kappa shape index (κ3) is 2.99. The molecule has 2 amide bonds. The van der Waals surface area contributed by atoms with E-state index in [1.54, 1.807) is 5.38 Å². The van der Waals surface area contributed by atoms with Crippen LogP contribution in [0, 0.1) is 6.92 Å². The molecule has 0 saturated carbocycles. The monoisotopic (exact) mass is 314 g/mol. The van der Waals surface area contributed by atoms with E-state index in [4.69, 9.17) is 0 Å². The van der Waals surface area contributed by atoms with E-state index in [0.29, 0.717) is 10.8 Å². The number of rotatable bonds is 3. The predicted octanol–water partition coefficient (Wildman–Crippen LogP) is 3.14. The number of carbonyl (C=O) groups excluding carboxylic acids is 2. The average molecular weight is 314 g/mol. The second-order valence-corrected chi connectivity index (χ2v) is 5.79. The normalized spacial score (nSPS) is 10.6. The molecule has 0 saturated heterocycles. The van der Waals surface area contributed by atoms with E-state index >= 15 is 0 Å². The highest BCUT2D eigenvalue weighted by Crippen LogP contribution is 2.21. The van der Waals surface area contributed by atoms with Crippen LogP contribution in [-0.2, 0) is 4.79 Å². The summed E-state index contributed by atoms with van der Waals surface area (Å²) in [6, 6.07) is 7.67. The fraction of sp³-hybridized carbons (Fsp3) is 0.133. The van der Waals surface area contributed by atoms with E-state index < -0.39 is 0 Å². The summed E-state index contributed by atoms with van der Waals surface area (Å²) in [6.07, 6.45) is 0. The van der Waals surface area contributed by atoms with Crippen molar-refractivity contribution in [1.82, 2.24) is 9.97 Å². The van der Waals surface area contributed by atoms with Crippen molar-refractivity contribution in [3.05, 3.63) is 41.0 Å². The number of thiazole rings is 1. The number of nitrogens with one attached hydrogen (secondary N) is 3. The SMILES string of the molecule is CC(=O)Nc1nc(C(=O)Nc2ccc3[nH]c(C)cc3c2)cs1. The highest BCUT2D eigenvalue weighted by molar-refractivity contribution is 7.14. The third-order valence-corrected chi connectivity index (χ3v) is 3.79. The van der Waals surface area contributed by atoms with Gasteiger partial charge in [-0.25, -0.2) is 4.98 Å². The van der Waals surface area contributed by atoms with Crippen molar-refractivity contribution in [2.45, 2.75) is 13.8 Å². The Hall–Kier alpha value is -2.67. The van der Waals surface area contributed by atoms with Crippen molar-refractivity contribution >= 4 is 44.9 Å². The minimum absolute atomic E-state index is 0.213. The lowest BCUT2D eigenvalue weighted by Gasteiger charge is -2.03. The predicted molar refractivity (Wildman–Crippen MR) is 87.4 cm³/mol. The largest absolute Gasteiger partial charge is 0.359 e. The first-order valence-corrected chi connectivity index (χ1v) is 7.53. The number of hydrogen-bond donors (Lipinski definition) is 3. The molecule has 2 aromatic heterocycles. The Kier molecular flexibility index (Phi) is 3.64. The minimum Gasteiger partial charge on any atom is -0.359 e. The molecular weight excluding hydrogens is 300 g/mol. The summed E-state index contributed by atoms with van der Waals surface area (Å²) in [4.78, 5) is 30.4. The first-order chi connectivity index (χ1) is 10.5. The lowest BCUT2D eigenvalue weighted by Crippen LogP contribution is -2.13. The number of benzene rings is 1. The number of H-pyrrole nitrogens is 1. The maximum Gasteiger partial charge on any atom is 0.275 e. The summed E-state index contributed by atoms with van der Waals surface area (Å²) in [5, 5.41) is 8.42. The minimum atomic E-state index is -0.306. The molecule has 0 fully saturated rings. The zero-order chi connectivity index (χ0) is 15.7. The molecule has 0 aliphatic carbocycles. The lowest BCUT2D eigenvalue weighted by atomic mass is 10.2. The molecule has 22 heavy (non-hydrogen) atoms. The summed E-state index contributed by atoms with van der Waals surface area (Å²) in [5.41, 5.74) is 3.07. The van der Waals surface area contributed by atoms with Gasteiger partial charge in [-0.05, 0) is 31.2 Å². The van der Waals surface area contributed by atoms with Gasteiger partial charge >= 0.3 is 0 Å². The zero-order valence-corrected chi connectivity index (χ0v) is 12.9. The van der Waals surface area contributed by atoms with Gasteiger partial charge in [-0.3, -0.25) is 9.59 Å². The van der Waals surface area contributed by atoms with E-state index in [0.717, 1.165) is 16.6 Å². The van der Waals surface area contributed by atoms with E-state index in [9.17, 15) is 9.59 Å². The van der Waals surface area contributed by atoms with Gasteiger partial charge in [0, 0.05) is 34.6 Å². The lowest BCUT2D eigenvalue weighted by molar-refractivity contribution is -0.114. The molecule has 0 radical (unpaired) electrons. The first-order valence-electron chi connectivity index (χ1n) is 6.65. The molecule has 6 nitrogen and oxygen atoms in total. The Balaban J connectivity index is 1.77. The Morgan fingerprint density at radius 2 is 2.05 bits per heavy atom. The molecule has 0 bridgehead atoms. The van der Waals surface area contributed by atoms with Gasteiger partial charge in [0.25, 0.3) is 5.91 Å². The zero-order valence-electron chi connectivity index (χ0n) is 12.1. The highest BCUT2D eigenvalue weighted by atomic mass is 32.1. The summed E-state index contributed by atoms with van der Waals surface area (Å²) in [6.45, 7) is 3.38. The first kappa shape index (κ1) is 14.3. The number of aryl methyl sites for hydroxylation is 1. The summed E-state index contributed by atoms with van der Waals surface area (Å²) < 4.78 is 0. The van der Waals surface area contributed by atoms with Crippen LogP contribution in [0.2, 0.25) is 0 Å². The Labute approximate surface area is 130 Å². The van der Waals surface area contributed by atoms with Crippen molar-refractivity contribution in [1.29, 1.82) is 0 Å². The number of aromatic nitrogens is 2. The van der Waals surface area contributed by atoms with Crippen molar-refractivity contribution in [2.75, 3.05) is 10.6 Å². The van der Waals surface area contributed by atoms with Crippen LogP contribution < -0.4 is 10.6 Å². The number of aromatic amines is 1. The Bertz CT molecular complexity index is 865. The van der Waals surface area contributed by atoms with Gasteiger partial charge in [-0.2, -0.15) is 0 Å². The van der Waals surface area contributed by atoms with E-state index in [-0.39, 0.29) is 17.5 Å². The van der Waals surface area contributed by atoms with Gasteiger partial charge < -0.3 is 15.6 Å². The van der Waals surface area contributed by atoms with Gasteiger partial charge in [0.2, 0.25) is 5.91 Å². The van der Waals surface area contributed by atoms with Crippen molar-refractivity contribution in [2.24, 2.45) is 0 Å². The number of nitrogens with zero attached hydrogens (tertiary/aromatic N) is 1. The second kappa shape index (κ2) is 5.61. The molecule has 0 unspecified atom stereocenters.